The molecule has 174 valence electrons. The van der Waals surface area contributed by atoms with E-state index in [2.05, 4.69) is 24.8 Å². The lowest BCUT2D eigenvalue weighted by Gasteiger charge is -2.19. The molecule has 0 aromatic carbocycles. The predicted octanol–water partition coefficient (Wildman–Crippen LogP) is 1.24. The summed E-state index contributed by atoms with van der Waals surface area (Å²) in [5.74, 6) is 1.31. The summed E-state index contributed by atoms with van der Waals surface area (Å²) in [5.41, 5.74) is 0.892. The fourth-order valence-corrected chi connectivity index (χ4v) is 4.63. The van der Waals surface area contributed by atoms with Gasteiger partial charge in [0.1, 0.15) is 18.4 Å². The molecule has 1 fully saturated rings. The molecule has 5 N–H and O–H groups in total. The Labute approximate surface area is 181 Å². The van der Waals surface area contributed by atoms with Gasteiger partial charge in [-0.05, 0) is 6.42 Å². The van der Waals surface area contributed by atoms with Crippen LogP contribution in [0.4, 0.5) is 5.82 Å². The number of ether oxygens (including phenoxy) is 1. The first-order valence-electron chi connectivity index (χ1n) is 9.15. The minimum absolute atomic E-state index is 0.0396. The van der Waals surface area contributed by atoms with Gasteiger partial charge in [0.25, 0.3) is 0 Å². The maximum atomic E-state index is 11.3. The highest BCUT2D eigenvalue weighted by Gasteiger charge is 2.42. The Balaban J connectivity index is 1.91. The highest BCUT2D eigenvalue weighted by atomic mass is 32.2. The van der Waals surface area contributed by atoms with Crippen LogP contribution in [0.1, 0.15) is 26.0 Å². The molecule has 0 aliphatic carbocycles. The van der Waals surface area contributed by atoms with Crippen LogP contribution < -0.4 is 5.32 Å². The Kier molecular flexibility index (Phi) is 7.75. The van der Waals surface area contributed by atoms with E-state index in [1.54, 1.807) is 11.6 Å². The zero-order valence-electron chi connectivity index (χ0n) is 16.6. The van der Waals surface area contributed by atoms with E-state index in [0.29, 0.717) is 22.1 Å². The monoisotopic (exact) mass is 499 g/mol. The molecule has 0 bridgehead atoms. The van der Waals surface area contributed by atoms with Crippen LogP contribution in [0.3, 0.4) is 0 Å². The third-order valence-corrected chi connectivity index (χ3v) is 6.33. The molecular formula is C14H23N5O9P2S. The summed E-state index contributed by atoms with van der Waals surface area (Å²) in [6, 6.07) is 0. The largest absolute Gasteiger partial charge is 0.469 e. The average molecular weight is 499 g/mol. The van der Waals surface area contributed by atoms with Crippen molar-refractivity contribution in [2.75, 3.05) is 24.7 Å². The van der Waals surface area contributed by atoms with E-state index in [-0.39, 0.29) is 6.42 Å². The highest BCUT2D eigenvalue weighted by molar-refractivity contribution is 7.99. The lowest BCUT2D eigenvalue weighted by atomic mass is 10.2. The maximum absolute atomic E-state index is 11.3. The number of nitrogens with zero attached hydrogens (tertiary/aromatic N) is 4. The number of thioether (sulfide) groups is 1. The number of hydrogen-bond donors (Lipinski definition) is 5. The van der Waals surface area contributed by atoms with Gasteiger partial charge in [-0.3, -0.25) is 13.6 Å². The quantitative estimate of drug-likeness (QED) is 0.178. The lowest BCUT2D eigenvalue weighted by Crippen LogP contribution is -2.28. The van der Waals surface area contributed by atoms with E-state index in [1.165, 1.54) is 18.1 Å². The van der Waals surface area contributed by atoms with Crippen LogP contribution >= 0.6 is 27.4 Å². The molecule has 31 heavy (non-hydrogen) atoms. The molecule has 14 nitrogen and oxygen atoms in total. The zero-order valence-corrected chi connectivity index (χ0v) is 19.2. The van der Waals surface area contributed by atoms with E-state index < -0.39 is 40.7 Å². The number of rotatable bonds is 10. The number of hydrogen-bond acceptors (Lipinski definition) is 10. The number of anilines is 1. The van der Waals surface area contributed by atoms with Gasteiger partial charge in [0.15, 0.2) is 22.1 Å². The van der Waals surface area contributed by atoms with Gasteiger partial charge in [0, 0.05) is 19.2 Å². The molecule has 3 atom stereocenters. The first-order chi connectivity index (χ1) is 14.5. The zero-order chi connectivity index (χ0) is 22.8. The maximum Gasteiger partial charge on any atom is 0.469 e. The van der Waals surface area contributed by atoms with Crippen molar-refractivity contribution in [1.29, 1.82) is 0 Å². The number of nitrogens with one attached hydrogen (secondary N) is 1. The number of aromatic nitrogens is 4. The Morgan fingerprint density at radius 1 is 1.29 bits per heavy atom. The Morgan fingerprint density at radius 3 is 2.65 bits per heavy atom. The molecule has 0 amide bonds. The topological polar surface area (TPSA) is 198 Å². The van der Waals surface area contributed by atoms with Crippen LogP contribution in [-0.4, -0.2) is 70.7 Å². The lowest BCUT2D eigenvalue weighted by molar-refractivity contribution is -0.0417. The third-order valence-electron chi connectivity index (χ3n) is 4.24. The van der Waals surface area contributed by atoms with Crippen molar-refractivity contribution in [2.24, 2.45) is 0 Å². The van der Waals surface area contributed by atoms with Gasteiger partial charge in [-0.15, -0.1) is 0 Å². The summed E-state index contributed by atoms with van der Waals surface area (Å²) >= 11 is 1.46. The van der Waals surface area contributed by atoms with Crippen LogP contribution in [0.5, 0.6) is 0 Å². The van der Waals surface area contributed by atoms with Crippen molar-refractivity contribution in [3.8, 4) is 0 Å². The van der Waals surface area contributed by atoms with Crippen molar-refractivity contribution >= 4 is 44.4 Å². The van der Waals surface area contributed by atoms with E-state index >= 15 is 0 Å². The highest BCUT2D eigenvalue weighted by Crippen LogP contribution is 2.45. The first kappa shape index (κ1) is 24.5. The van der Waals surface area contributed by atoms with Crippen molar-refractivity contribution in [3.63, 3.8) is 0 Å². The number of phosphoric ester groups is 2. The summed E-state index contributed by atoms with van der Waals surface area (Å²) in [4.78, 5) is 49.5. The Morgan fingerprint density at radius 2 is 2.03 bits per heavy atom. The van der Waals surface area contributed by atoms with Crippen molar-refractivity contribution in [3.05, 3.63) is 6.33 Å². The molecule has 0 radical (unpaired) electrons. The van der Waals surface area contributed by atoms with E-state index in [1.807, 2.05) is 6.92 Å². The normalized spacial score (nSPS) is 22.3. The molecule has 2 aromatic rings. The predicted molar refractivity (Wildman–Crippen MR) is 109 cm³/mol. The average Bonchev–Trinajstić information content (AvgIpc) is 3.25. The van der Waals surface area contributed by atoms with Gasteiger partial charge in [-0.1, -0.05) is 18.7 Å². The second kappa shape index (κ2) is 9.79. The van der Waals surface area contributed by atoms with Crippen molar-refractivity contribution in [1.82, 2.24) is 19.5 Å². The van der Waals surface area contributed by atoms with Gasteiger partial charge >= 0.3 is 15.6 Å². The molecule has 0 saturated carbocycles. The second-order valence-electron chi connectivity index (χ2n) is 6.56. The summed E-state index contributed by atoms with van der Waals surface area (Å²) < 4.78 is 38.9. The summed E-state index contributed by atoms with van der Waals surface area (Å²) in [5, 5.41) is 3.48. The van der Waals surface area contributed by atoms with Gasteiger partial charge in [0.2, 0.25) is 0 Å². The summed E-state index contributed by atoms with van der Waals surface area (Å²) in [6.07, 6.45) is -0.830. The number of fused-ring (bicyclic) bond motifs is 1. The molecule has 0 spiro atoms. The van der Waals surface area contributed by atoms with Crippen LogP contribution in [0.2, 0.25) is 0 Å². The molecule has 1 aliphatic rings. The fraction of sp³-hybridized carbons (Fsp3) is 0.643. The summed E-state index contributed by atoms with van der Waals surface area (Å²) in [7, 11) is -8.02. The van der Waals surface area contributed by atoms with Gasteiger partial charge in [0.05, 0.1) is 12.9 Å². The van der Waals surface area contributed by atoms with Crippen molar-refractivity contribution in [2.45, 2.75) is 43.4 Å². The molecule has 3 rings (SSSR count). The minimum Gasteiger partial charge on any atom is -0.371 e. The first-order valence-corrected chi connectivity index (χ1v) is 13.2. The van der Waals surface area contributed by atoms with Gasteiger partial charge in [-0.25, -0.2) is 24.1 Å². The van der Waals surface area contributed by atoms with E-state index in [4.69, 9.17) is 19.0 Å². The molecular weight excluding hydrogens is 476 g/mol. The minimum atomic E-state index is -4.89. The third kappa shape index (κ3) is 6.45. The molecule has 0 unspecified atom stereocenters. The molecule has 1 aliphatic heterocycles. The van der Waals surface area contributed by atoms with E-state index in [9.17, 15) is 18.9 Å². The Hall–Kier alpha value is -1.12. The van der Waals surface area contributed by atoms with Crippen LogP contribution in [0.25, 0.3) is 11.2 Å². The van der Waals surface area contributed by atoms with E-state index in [0.717, 1.165) is 12.2 Å². The SMILES string of the molecule is CCCSc1nc(NC)c2ncn([C@H]3C[C@H](OP(=O)(O)O)[C@@H](COP(=O)(O)O)O3)c2n1. The Bertz CT molecular complexity index is 1010. The molecule has 3 heterocycles. The smallest absolute Gasteiger partial charge is 0.371 e. The number of phosphoric acid groups is 2. The fourth-order valence-electron chi connectivity index (χ4n) is 3.02. The molecule has 2 aromatic heterocycles. The standard InChI is InChI=1S/C14H23N5O9P2S/c1-3-4-31-14-17-12(15-2)11-13(18-14)19(7-16-11)10-5-8(28-30(23,24)25)9(27-10)6-26-29(20,21)22/h7-10H,3-6H2,1-2H3,(H,15,17,18)(H2,20,21,22)(H2,23,24,25)/t8-,9+,10+/m0/s1. The summed E-state index contributed by atoms with van der Waals surface area (Å²) in [6.45, 7) is 1.40. The molecule has 1 saturated heterocycles. The van der Waals surface area contributed by atoms with Crippen molar-refractivity contribution < 1.29 is 42.5 Å². The van der Waals surface area contributed by atoms with Crippen LogP contribution in [-0.2, 0) is 22.9 Å². The van der Waals surface area contributed by atoms with Crippen LogP contribution in [0, 0.1) is 0 Å². The van der Waals surface area contributed by atoms with Gasteiger partial charge in [-0.2, -0.15) is 0 Å². The molecule has 17 heteroatoms. The van der Waals surface area contributed by atoms with Crippen LogP contribution in [0.15, 0.2) is 11.5 Å². The second-order valence-corrected chi connectivity index (χ2v) is 10.1. The van der Waals surface area contributed by atoms with Gasteiger partial charge < -0.3 is 29.6 Å². The number of imidazole rings is 1.